The number of methoxy groups -OCH3 is 2. The van der Waals surface area contributed by atoms with Gasteiger partial charge < -0.3 is 40.2 Å². The Balaban J connectivity index is 1.18. The number of nitrogens with one attached hydrogen (secondary N) is 4. The summed E-state index contributed by atoms with van der Waals surface area (Å²) in [5, 5.41) is 22.1. The van der Waals surface area contributed by atoms with Crippen molar-refractivity contribution in [1.82, 2.24) is 51.0 Å². The molecule has 0 saturated carbocycles. The number of piperazine rings is 1. The minimum Gasteiger partial charge on any atom is -0.453 e. The molecule has 7 rings (SSSR count). The third-order valence-electron chi connectivity index (χ3n) is 14.7. The molecule has 6 N–H and O–H groups in total. The molecule has 3 fully saturated rings. The van der Waals surface area contributed by atoms with E-state index in [1.165, 1.54) is 24.3 Å². The number of anilines is 1. The number of aliphatic hydroxyl groups is 3. The van der Waals surface area contributed by atoms with Crippen molar-refractivity contribution in [2.45, 2.75) is 115 Å². The number of fused-ring (bicyclic) bond motifs is 2. The van der Waals surface area contributed by atoms with Crippen LogP contribution in [0.25, 0.3) is 11.3 Å². The lowest BCUT2D eigenvalue weighted by Crippen LogP contribution is -2.63. The summed E-state index contributed by atoms with van der Waals surface area (Å²) >= 11 is 0. The molecule has 0 aliphatic carbocycles. The van der Waals surface area contributed by atoms with Gasteiger partial charge in [-0.05, 0) is 82.9 Å². The Kier molecular flexibility index (Phi) is 18.8. The number of benzene rings is 2. The highest BCUT2D eigenvalue weighted by molar-refractivity contribution is 5.87. The van der Waals surface area contributed by atoms with Gasteiger partial charge in [-0.2, -0.15) is 40.2 Å². The van der Waals surface area contributed by atoms with Gasteiger partial charge in [0.1, 0.15) is 29.8 Å². The Morgan fingerprint density at radius 3 is 1.79 bits per heavy atom. The van der Waals surface area contributed by atoms with E-state index in [0.717, 1.165) is 65.6 Å². The molecule has 3 aliphatic rings. The number of rotatable bonds is 19. The van der Waals surface area contributed by atoms with Gasteiger partial charge in [0.25, 0.3) is 5.91 Å². The van der Waals surface area contributed by atoms with Crippen molar-refractivity contribution >= 4 is 29.9 Å². The molecule has 440 valence electrons. The van der Waals surface area contributed by atoms with Crippen LogP contribution >= 0.6 is 0 Å². The lowest BCUT2D eigenvalue weighted by molar-refractivity contribution is -0.221. The van der Waals surface area contributed by atoms with E-state index in [0.29, 0.717) is 80.0 Å². The maximum absolute atomic E-state index is 16.0. The van der Waals surface area contributed by atoms with Crippen LogP contribution in [0.3, 0.4) is 0 Å². The predicted octanol–water partition coefficient (Wildman–Crippen LogP) is 5.52. The second-order valence-corrected chi connectivity index (χ2v) is 20.9. The van der Waals surface area contributed by atoms with Crippen LogP contribution in [-0.4, -0.2) is 165 Å². The van der Waals surface area contributed by atoms with E-state index in [1.807, 2.05) is 10.7 Å². The highest BCUT2D eigenvalue weighted by atomic mass is 19.4. The molecule has 0 radical (unpaired) electrons. The second-order valence-electron chi connectivity index (χ2n) is 20.9. The maximum atomic E-state index is 16.0. The number of nitrogens with zero attached hydrogens (tertiary/aromatic N) is 7. The van der Waals surface area contributed by atoms with Crippen LogP contribution in [0, 0.1) is 34.3 Å². The van der Waals surface area contributed by atoms with Gasteiger partial charge in [-0.1, -0.05) is 24.0 Å². The SMILES string of the molecule is COC(=O)N[C@H](C(=O)N[C@@H](Cc1ccc(C#Cc2cnc(N3CC4CCC(C3)N4C3C[OH+]C3)nc2)cc1)[C@@H](O)CN(Cc1c(F)cc(-c2ccn(C(F)F)n2)cc1F)NC(=O)[C@@H](NC(=O)OC)C(C)(C)C(F)(F)F)C(C)(C)C(F)(F)F. The number of alkyl halides is 8. The fourth-order valence-corrected chi connectivity index (χ4v) is 9.59. The van der Waals surface area contributed by atoms with Crippen molar-refractivity contribution in [2.24, 2.45) is 10.8 Å². The number of alkyl carbamates (subject to hydrolysis) is 2. The average Bonchev–Trinajstić information content (AvgIpc) is 3.98. The Morgan fingerprint density at radius 2 is 1.31 bits per heavy atom. The molecule has 81 heavy (non-hydrogen) atoms. The Morgan fingerprint density at radius 1 is 0.778 bits per heavy atom. The number of hydrazine groups is 1. The molecule has 4 aromatic rings. The highest BCUT2D eigenvalue weighted by Gasteiger charge is 2.57. The monoisotopic (exact) mass is 1160 g/mol. The standard InChI is InChI=1S/C52H59F10N11O8/c1-49(2,51(57,58)59)41(66-47(77)79-5)43(75)65-39(17-29-10-7-28(8-11-29)9-12-30-20-63-46(64-21-30)70-22-32-13-14-33(23-70)73(32)34-26-81-27-34)40(74)25-71(69-44(76)42(67-48(78)80-6)50(3,4)52(60,61)62)24-35-36(53)18-31(19-37(35)54)38-15-16-72(68-38)45(55)56/h7-8,10-11,15-16,18-21,32-34,39-42,45,74H,13-14,17,22-27H2,1-6H3,(H,65,75)(H,66,77)(H,67,78)(H,69,76)/p+1/t32?,33?,39-,40-,41+,42+/m0/s1. The topological polar surface area (TPSA) is 221 Å². The van der Waals surface area contributed by atoms with E-state index in [2.05, 4.69) is 56.2 Å². The average molecular weight is 1160 g/mol. The van der Waals surface area contributed by atoms with Crippen LogP contribution in [0.2, 0.25) is 0 Å². The number of carbonyl (C=O) groups excluding carboxylic acids is 4. The summed E-state index contributed by atoms with van der Waals surface area (Å²) in [6.45, 7) is 0.142. The maximum Gasteiger partial charge on any atom is 0.407 e. The zero-order valence-corrected chi connectivity index (χ0v) is 44.5. The minimum atomic E-state index is -5.23. The summed E-state index contributed by atoms with van der Waals surface area (Å²) in [6.07, 6.45) is -9.86. The molecule has 2 aromatic carbocycles. The molecule has 2 unspecified atom stereocenters. The Hall–Kier alpha value is -7.29. The molecule has 0 spiro atoms. The smallest absolute Gasteiger partial charge is 0.407 e. The highest BCUT2D eigenvalue weighted by Crippen LogP contribution is 2.42. The summed E-state index contributed by atoms with van der Waals surface area (Å²) in [7, 11) is 1.60. The van der Waals surface area contributed by atoms with Crippen molar-refractivity contribution in [3.63, 3.8) is 0 Å². The molecule has 6 atom stereocenters. The number of hydrogen-bond acceptors (Lipinski definition) is 13. The van der Waals surface area contributed by atoms with Gasteiger partial charge in [-0.3, -0.25) is 19.9 Å². The molecule has 3 aliphatic heterocycles. The summed E-state index contributed by atoms with van der Waals surface area (Å²) in [5.41, 5.74) is -4.57. The molecule has 5 heterocycles. The number of hydrogen-bond donors (Lipinski definition) is 5. The molecule has 4 amide bonds. The molecule has 3 saturated heterocycles. The van der Waals surface area contributed by atoms with Gasteiger partial charge in [-0.15, -0.1) is 0 Å². The van der Waals surface area contributed by atoms with E-state index in [1.54, 1.807) is 17.7 Å². The van der Waals surface area contributed by atoms with E-state index in [9.17, 15) is 59.4 Å². The van der Waals surface area contributed by atoms with Gasteiger partial charge in [0.15, 0.2) is 13.2 Å². The van der Waals surface area contributed by atoms with Gasteiger partial charge in [0.05, 0.1) is 48.5 Å². The normalized spacial score (nSPS) is 18.5. The van der Waals surface area contributed by atoms with Crippen molar-refractivity contribution in [3.8, 4) is 23.1 Å². The first-order valence-electron chi connectivity index (χ1n) is 25.3. The predicted molar refractivity (Wildman–Crippen MR) is 268 cm³/mol. The molecule has 29 heteroatoms. The fourth-order valence-electron chi connectivity index (χ4n) is 9.59. The van der Waals surface area contributed by atoms with Crippen molar-refractivity contribution < 1.29 is 82.4 Å². The van der Waals surface area contributed by atoms with Crippen molar-refractivity contribution in [1.29, 1.82) is 0 Å². The Bertz CT molecular complexity index is 2910. The number of aliphatic hydroxyl groups excluding tert-OH is 1. The van der Waals surface area contributed by atoms with Gasteiger partial charge in [-0.25, -0.2) is 38.0 Å². The number of carbonyl (C=O) groups is 4. The van der Waals surface area contributed by atoms with E-state index >= 15 is 8.78 Å². The number of halogens is 10. The van der Waals surface area contributed by atoms with E-state index in [-0.39, 0.29) is 21.5 Å². The molecular weight excluding hydrogens is 1100 g/mol. The van der Waals surface area contributed by atoms with Crippen LogP contribution in [0.1, 0.15) is 69.3 Å². The first-order chi connectivity index (χ1) is 38.0. The minimum absolute atomic E-state index is 0.197. The van der Waals surface area contributed by atoms with Gasteiger partial charge in [0, 0.05) is 73.5 Å². The first kappa shape index (κ1) is 61.3. The number of aromatic nitrogens is 4. The third kappa shape index (κ3) is 14.3. The van der Waals surface area contributed by atoms with Crippen molar-refractivity contribution in [2.75, 3.05) is 52.0 Å². The van der Waals surface area contributed by atoms with Crippen LogP contribution in [0.4, 0.5) is 59.4 Å². The van der Waals surface area contributed by atoms with E-state index in [4.69, 9.17) is 0 Å². The Labute approximate surface area is 458 Å². The summed E-state index contributed by atoms with van der Waals surface area (Å²) in [4.78, 5) is 66.8. The molecule has 2 aromatic heterocycles. The van der Waals surface area contributed by atoms with E-state index < -0.39 is 115 Å². The molecule has 19 nitrogen and oxygen atoms in total. The lowest BCUT2D eigenvalue weighted by Gasteiger charge is -2.45. The number of amides is 4. The first-order valence-corrected chi connectivity index (χ1v) is 25.3. The molecule has 2 bridgehead atoms. The zero-order valence-electron chi connectivity index (χ0n) is 44.5. The van der Waals surface area contributed by atoms with Gasteiger partial charge in [0.2, 0.25) is 11.9 Å². The van der Waals surface area contributed by atoms with Crippen LogP contribution in [0.15, 0.2) is 61.1 Å². The van der Waals surface area contributed by atoms with Crippen LogP contribution < -0.4 is 26.3 Å². The zero-order chi connectivity index (χ0) is 59.4. The second kappa shape index (κ2) is 24.8. The quantitative estimate of drug-likeness (QED) is 0.0338. The fraction of sp³-hybridized carbons (Fsp3) is 0.519. The lowest BCUT2D eigenvalue weighted by atomic mass is 9.82. The summed E-state index contributed by atoms with van der Waals surface area (Å²) in [6, 6.07) is 2.81. The third-order valence-corrected chi connectivity index (χ3v) is 14.7. The number of ether oxygens (including phenoxy) is 3. The van der Waals surface area contributed by atoms with Crippen LogP contribution in [-0.2, 0) is 32.0 Å². The largest absolute Gasteiger partial charge is 0.453 e. The summed E-state index contributed by atoms with van der Waals surface area (Å²) in [5.74, 6) is 0.434. The van der Waals surface area contributed by atoms with Crippen LogP contribution in [0.5, 0.6) is 0 Å². The van der Waals surface area contributed by atoms with Gasteiger partial charge >= 0.3 is 31.1 Å². The summed E-state index contributed by atoms with van der Waals surface area (Å²) < 4.78 is 159. The van der Waals surface area contributed by atoms with Crippen molar-refractivity contribution in [3.05, 3.63) is 94.9 Å². The molecular formula is C52H60F10N11O8+.